The molecule has 3 aromatic rings. The first-order chi connectivity index (χ1) is 12.6. The number of carbonyl (C=O) groups excluding carboxylic acids is 1. The van der Waals surface area contributed by atoms with E-state index in [1.807, 2.05) is 13.8 Å². The quantitative estimate of drug-likeness (QED) is 0.607. The summed E-state index contributed by atoms with van der Waals surface area (Å²) in [6, 6.07) is 12.6. The largest absolute Gasteiger partial charge is 0.494 e. The van der Waals surface area contributed by atoms with Crippen LogP contribution < -0.4 is 4.74 Å². The summed E-state index contributed by atoms with van der Waals surface area (Å²) in [5.74, 6) is 0.437. The number of hydrogen-bond donors (Lipinski definition) is 0. The van der Waals surface area contributed by atoms with Crippen LogP contribution in [0.1, 0.15) is 28.5 Å². The Labute approximate surface area is 150 Å². The summed E-state index contributed by atoms with van der Waals surface area (Å²) in [4.78, 5) is 12.1. The number of carbonyl (C=O) groups is 1. The minimum atomic E-state index is -0.459. The highest BCUT2D eigenvalue weighted by Gasteiger charge is 2.16. The molecule has 0 bridgehead atoms. The highest BCUT2D eigenvalue weighted by molar-refractivity contribution is 5.89. The summed E-state index contributed by atoms with van der Waals surface area (Å²) in [6.07, 6.45) is 0. The highest BCUT2D eigenvalue weighted by Crippen LogP contribution is 2.26. The van der Waals surface area contributed by atoms with Crippen molar-refractivity contribution in [3.8, 4) is 17.1 Å². The van der Waals surface area contributed by atoms with E-state index in [2.05, 4.69) is 5.16 Å². The molecule has 134 valence electrons. The zero-order chi connectivity index (χ0) is 18.5. The monoisotopic (exact) mass is 355 g/mol. The van der Waals surface area contributed by atoms with Gasteiger partial charge in [0, 0.05) is 11.1 Å². The van der Waals surface area contributed by atoms with Crippen LogP contribution in [0.5, 0.6) is 5.75 Å². The van der Waals surface area contributed by atoms with Crippen LogP contribution >= 0.6 is 0 Å². The third kappa shape index (κ3) is 3.91. The number of halogens is 1. The van der Waals surface area contributed by atoms with Gasteiger partial charge in [-0.05, 0) is 62.4 Å². The second kappa shape index (κ2) is 7.82. The van der Waals surface area contributed by atoms with Crippen molar-refractivity contribution in [1.29, 1.82) is 0 Å². The maximum Gasteiger partial charge on any atom is 0.338 e. The molecule has 0 unspecified atom stereocenters. The van der Waals surface area contributed by atoms with Gasteiger partial charge in [0.05, 0.1) is 12.2 Å². The summed E-state index contributed by atoms with van der Waals surface area (Å²) in [7, 11) is 0. The molecule has 0 saturated carbocycles. The van der Waals surface area contributed by atoms with Crippen LogP contribution in [0.3, 0.4) is 0 Å². The average Bonchev–Trinajstić information content (AvgIpc) is 3.02. The second-order valence-corrected chi connectivity index (χ2v) is 5.62. The molecule has 0 spiro atoms. The van der Waals surface area contributed by atoms with Crippen molar-refractivity contribution in [3.05, 3.63) is 71.2 Å². The van der Waals surface area contributed by atoms with E-state index < -0.39 is 5.97 Å². The summed E-state index contributed by atoms with van der Waals surface area (Å²) >= 11 is 0. The summed E-state index contributed by atoms with van der Waals surface area (Å²) in [5, 5.41) is 3.95. The zero-order valence-corrected chi connectivity index (χ0v) is 14.5. The van der Waals surface area contributed by atoms with Gasteiger partial charge in [0.2, 0.25) is 0 Å². The van der Waals surface area contributed by atoms with Crippen LogP contribution in [0.4, 0.5) is 4.39 Å². The molecule has 0 atom stereocenters. The van der Waals surface area contributed by atoms with Crippen LogP contribution in [-0.4, -0.2) is 17.7 Å². The molecule has 0 fully saturated rings. The van der Waals surface area contributed by atoms with Crippen molar-refractivity contribution in [1.82, 2.24) is 5.16 Å². The standard InChI is InChI=1S/C20H18FNO4/c1-3-24-17-10-6-15(7-11-17)20(23)25-12-18-13(2)19(26-22-18)14-4-8-16(21)9-5-14/h4-11H,3,12H2,1-2H3. The normalized spacial score (nSPS) is 10.6. The van der Waals surface area contributed by atoms with Crippen LogP contribution in [0.2, 0.25) is 0 Å². The molecule has 0 N–H and O–H groups in total. The molecule has 3 rings (SSSR count). The van der Waals surface area contributed by atoms with E-state index in [1.54, 1.807) is 36.4 Å². The van der Waals surface area contributed by atoms with Gasteiger partial charge >= 0.3 is 5.97 Å². The predicted octanol–water partition coefficient (Wildman–Crippen LogP) is 4.54. The molecular formula is C20H18FNO4. The molecule has 2 aromatic carbocycles. The molecule has 0 aliphatic heterocycles. The van der Waals surface area contributed by atoms with Crippen LogP contribution in [0.25, 0.3) is 11.3 Å². The topological polar surface area (TPSA) is 61.6 Å². The van der Waals surface area contributed by atoms with Crippen molar-refractivity contribution < 1.29 is 23.2 Å². The zero-order valence-electron chi connectivity index (χ0n) is 14.5. The predicted molar refractivity (Wildman–Crippen MR) is 93.4 cm³/mol. The summed E-state index contributed by atoms with van der Waals surface area (Å²) < 4.78 is 29.0. The van der Waals surface area contributed by atoms with E-state index in [4.69, 9.17) is 14.0 Å². The highest BCUT2D eigenvalue weighted by atomic mass is 19.1. The Hall–Kier alpha value is -3.15. The van der Waals surface area contributed by atoms with Crippen LogP contribution in [0.15, 0.2) is 53.1 Å². The van der Waals surface area contributed by atoms with Crippen molar-refractivity contribution >= 4 is 5.97 Å². The second-order valence-electron chi connectivity index (χ2n) is 5.62. The Morgan fingerprint density at radius 2 is 1.81 bits per heavy atom. The Morgan fingerprint density at radius 3 is 2.46 bits per heavy atom. The Morgan fingerprint density at radius 1 is 1.12 bits per heavy atom. The van der Waals surface area contributed by atoms with E-state index in [0.717, 1.165) is 5.56 Å². The number of aromatic nitrogens is 1. The number of benzene rings is 2. The Bertz CT molecular complexity index is 885. The van der Waals surface area contributed by atoms with E-state index in [1.165, 1.54) is 12.1 Å². The number of nitrogens with zero attached hydrogens (tertiary/aromatic N) is 1. The summed E-state index contributed by atoms with van der Waals surface area (Å²) in [5.41, 5.74) is 2.40. The molecule has 1 heterocycles. The lowest BCUT2D eigenvalue weighted by Gasteiger charge is -2.05. The lowest BCUT2D eigenvalue weighted by Crippen LogP contribution is -2.06. The SMILES string of the molecule is CCOc1ccc(C(=O)OCc2noc(-c3ccc(F)cc3)c2C)cc1. The molecule has 1 aromatic heterocycles. The van der Waals surface area contributed by atoms with Crippen molar-refractivity contribution in [2.75, 3.05) is 6.61 Å². The van der Waals surface area contributed by atoms with Gasteiger partial charge in [-0.2, -0.15) is 0 Å². The first-order valence-corrected chi connectivity index (χ1v) is 8.19. The van der Waals surface area contributed by atoms with Crippen LogP contribution in [-0.2, 0) is 11.3 Å². The average molecular weight is 355 g/mol. The summed E-state index contributed by atoms with van der Waals surface area (Å²) in [6.45, 7) is 4.26. The fourth-order valence-corrected chi connectivity index (χ4v) is 2.44. The minimum Gasteiger partial charge on any atom is -0.494 e. The van der Waals surface area contributed by atoms with Gasteiger partial charge in [-0.25, -0.2) is 9.18 Å². The molecule has 0 amide bonds. The van der Waals surface area contributed by atoms with Gasteiger partial charge in [-0.15, -0.1) is 0 Å². The Balaban J connectivity index is 1.66. The molecule has 0 saturated heterocycles. The van der Waals surface area contributed by atoms with Crippen molar-refractivity contribution in [2.45, 2.75) is 20.5 Å². The Kier molecular flexibility index (Phi) is 5.31. The van der Waals surface area contributed by atoms with Crippen molar-refractivity contribution in [2.24, 2.45) is 0 Å². The smallest absolute Gasteiger partial charge is 0.338 e. The van der Waals surface area contributed by atoms with Gasteiger partial charge < -0.3 is 14.0 Å². The van der Waals surface area contributed by atoms with Gasteiger partial charge in [-0.3, -0.25) is 0 Å². The minimum absolute atomic E-state index is 0.0113. The molecule has 0 aliphatic rings. The number of rotatable bonds is 6. The van der Waals surface area contributed by atoms with Crippen molar-refractivity contribution in [3.63, 3.8) is 0 Å². The lowest BCUT2D eigenvalue weighted by molar-refractivity contribution is 0.0463. The molecule has 5 nitrogen and oxygen atoms in total. The van der Waals surface area contributed by atoms with E-state index in [0.29, 0.717) is 34.9 Å². The first-order valence-electron chi connectivity index (χ1n) is 8.19. The third-order valence-electron chi connectivity index (χ3n) is 3.87. The van der Waals surface area contributed by atoms with E-state index in [-0.39, 0.29) is 12.4 Å². The maximum atomic E-state index is 13.0. The fourth-order valence-electron chi connectivity index (χ4n) is 2.44. The lowest BCUT2D eigenvalue weighted by atomic mass is 10.1. The van der Waals surface area contributed by atoms with Gasteiger partial charge in [0.25, 0.3) is 0 Å². The molecule has 0 radical (unpaired) electrons. The van der Waals surface area contributed by atoms with Gasteiger partial charge in [0.15, 0.2) is 5.76 Å². The van der Waals surface area contributed by atoms with Gasteiger partial charge in [0.1, 0.15) is 23.9 Å². The first kappa shape index (κ1) is 17.7. The number of esters is 1. The van der Waals surface area contributed by atoms with E-state index >= 15 is 0 Å². The van der Waals surface area contributed by atoms with Crippen LogP contribution in [0, 0.1) is 12.7 Å². The number of ether oxygens (including phenoxy) is 2. The molecule has 6 heteroatoms. The third-order valence-corrected chi connectivity index (χ3v) is 3.87. The molecular weight excluding hydrogens is 337 g/mol. The maximum absolute atomic E-state index is 13.0. The van der Waals surface area contributed by atoms with Gasteiger partial charge in [-0.1, -0.05) is 5.16 Å². The van der Waals surface area contributed by atoms with E-state index in [9.17, 15) is 9.18 Å². The molecule has 26 heavy (non-hydrogen) atoms. The number of hydrogen-bond acceptors (Lipinski definition) is 5. The fraction of sp³-hybridized carbons (Fsp3) is 0.200. The molecule has 0 aliphatic carbocycles.